The summed E-state index contributed by atoms with van der Waals surface area (Å²) >= 11 is 7.28. The van der Waals surface area contributed by atoms with Crippen LogP contribution in [0.15, 0.2) is 35.6 Å². The van der Waals surface area contributed by atoms with Crippen LogP contribution in [0.1, 0.15) is 22.8 Å². The molecule has 0 aliphatic carbocycles. The lowest BCUT2D eigenvalue weighted by Crippen LogP contribution is -2.39. The van der Waals surface area contributed by atoms with Crippen molar-refractivity contribution in [2.75, 3.05) is 37.2 Å². The maximum atomic E-state index is 5.53. The Bertz CT molecular complexity index is 1140. The Kier molecular flexibility index (Phi) is 9.67. The van der Waals surface area contributed by atoms with Crippen LogP contribution in [0.2, 0.25) is 0 Å². The van der Waals surface area contributed by atoms with E-state index in [0.717, 1.165) is 34.3 Å². The molecule has 1 aromatic carbocycles. The van der Waals surface area contributed by atoms with Gasteiger partial charge in [0.1, 0.15) is 11.5 Å². The number of H-pyrrole nitrogens is 1. The number of aromatic nitrogens is 4. The van der Waals surface area contributed by atoms with Crippen LogP contribution in [0.5, 0.6) is 11.5 Å². The van der Waals surface area contributed by atoms with E-state index in [1.54, 1.807) is 38.4 Å². The van der Waals surface area contributed by atoms with Crippen molar-refractivity contribution in [3.63, 3.8) is 0 Å². The van der Waals surface area contributed by atoms with Gasteiger partial charge in [0.25, 0.3) is 0 Å². The molecular weight excluding hydrogens is 484 g/mol. The maximum absolute atomic E-state index is 5.53. The lowest BCUT2D eigenvalue weighted by atomic mass is 10.3. The van der Waals surface area contributed by atoms with E-state index >= 15 is 0 Å². The predicted octanol–water partition coefficient (Wildman–Crippen LogP) is 3.83. The quantitative estimate of drug-likeness (QED) is 0.145. The minimum absolute atomic E-state index is 0.343. The van der Waals surface area contributed by atoms with Crippen molar-refractivity contribution < 1.29 is 9.47 Å². The minimum atomic E-state index is 0.343. The van der Waals surface area contributed by atoms with Crippen molar-refractivity contribution in [1.82, 2.24) is 25.3 Å². The van der Waals surface area contributed by atoms with Crippen molar-refractivity contribution in [3.8, 4) is 11.5 Å². The molecule has 0 amide bonds. The average molecular weight is 515 g/mol. The second-order valence-electron chi connectivity index (χ2n) is 7.54. The van der Waals surface area contributed by atoms with Crippen molar-refractivity contribution in [2.24, 2.45) is 4.99 Å². The fourth-order valence-corrected chi connectivity index (χ4v) is 4.13. The molecule has 35 heavy (non-hydrogen) atoms. The molecule has 0 atom stereocenters. The first-order valence-electron chi connectivity index (χ1n) is 10.9. The number of nitrogens with zero attached hydrogens (tertiary/aromatic N) is 4. The number of hydrogen-bond acceptors (Lipinski definition) is 8. The second kappa shape index (κ2) is 12.9. The molecule has 0 aliphatic rings. The number of methoxy groups -OCH3 is 2. The number of hydrogen-bond donors (Lipinski definition) is 4. The number of imidazole rings is 1. The molecule has 0 radical (unpaired) electrons. The first kappa shape index (κ1) is 26.2. The standard InChI is InChI=1S/C23H30N8O2S2/c1-14-8-15(2)28-22(27-14)30-21(24-6-7-35-12-20-16(3)25-13-26-20)31-23(34)29-17-9-18(32-4)11-19(10-17)33-5/h8-11,13H,6-7,12H2,1-5H3,(H,25,26)(H3,24,27,28,29,30,31,34). The highest BCUT2D eigenvalue weighted by Gasteiger charge is 2.09. The third kappa shape index (κ3) is 8.41. The Morgan fingerprint density at radius 2 is 1.71 bits per heavy atom. The summed E-state index contributed by atoms with van der Waals surface area (Å²) in [5, 5.41) is 9.74. The minimum Gasteiger partial charge on any atom is -0.497 e. The highest BCUT2D eigenvalue weighted by Crippen LogP contribution is 2.25. The van der Waals surface area contributed by atoms with Gasteiger partial charge in [0.2, 0.25) is 11.9 Å². The molecule has 186 valence electrons. The molecule has 10 nitrogen and oxygen atoms in total. The van der Waals surface area contributed by atoms with Crippen LogP contribution in [-0.2, 0) is 5.75 Å². The Morgan fingerprint density at radius 1 is 1.03 bits per heavy atom. The number of aromatic amines is 1. The van der Waals surface area contributed by atoms with Crippen molar-refractivity contribution in [1.29, 1.82) is 0 Å². The SMILES string of the molecule is COc1cc(NC(=S)NC(=NCCSCc2nc[nH]c2C)Nc2nc(C)cc(C)n2)cc(OC)c1. The molecule has 0 fully saturated rings. The third-order valence-corrected chi connectivity index (χ3v) is 5.89. The highest BCUT2D eigenvalue weighted by atomic mass is 32.2. The van der Waals surface area contributed by atoms with Crippen LogP contribution in [0.3, 0.4) is 0 Å². The molecule has 12 heteroatoms. The van der Waals surface area contributed by atoms with Crippen molar-refractivity contribution >= 4 is 46.7 Å². The van der Waals surface area contributed by atoms with Crippen LogP contribution in [0.25, 0.3) is 0 Å². The van der Waals surface area contributed by atoms with Crippen LogP contribution >= 0.6 is 24.0 Å². The number of ether oxygens (including phenoxy) is 2. The molecule has 0 unspecified atom stereocenters. The summed E-state index contributed by atoms with van der Waals surface area (Å²) in [6, 6.07) is 7.34. The summed E-state index contributed by atoms with van der Waals surface area (Å²) in [6.45, 7) is 6.41. The van der Waals surface area contributed by atoms with Gasteiger partial charge in [-0.2, -0.15) is 11.8 Å². The van der Waals surface area contributed by atoms with Gasteiger partial charge >= 0.3 is 0 Å². The van der Waals surface area contributed by atoms with Crippen LogP contribution in [0, 0.1) is 20.8 Å². The molecule has 0 aliphatic heterocycles. The Balaban J connectivity index is 1.67. The normalized spacial score (nSPS) is 11.2. The van der Waals surface area contributed by atoms with E-state index in [1.807, 2.05) is 39.0 Å². The maximum Gasteiger partial charge on any atom is 0.229 e. The summed E-state index contributed by atoms with van der Waals surface area (Å²) in [5.74, 6) is 3.81. The highest BCUT2D eigenvalue weighted by molar-refractivity contribution is 7.98. The van der Waals surface area contributed by atoms with E-state index in [9.17, 15) is 0 Å². The van der Waals surface area contributed by atoms with Gasteiger partial charge in [-0.25, -0.2) is 15.0 Å². The van der Waals surface area contributed by atoms with Gasteiger partial charge < -0.3 is 25.1 Å². The van der Waals surface area contributed by atoms with Crippen molar-refractivity contribution in [2.45, 2.75) is 26.5 Å². The molecule has 0 bridgehead atoms. The number of nitrogens with one attached hydrogen (secondary N) is 4. The van der Waals surface area contributed by atoms with Gasteiger partial charge in [0.05, 0.1) is 32.8 Å². The summed E-state index contributed by atoms with van der Waals surface area (Å²) in [5.41, 5.74) is 4.56. The fraction of sp³-hybridized carbons (Fsp3) is 0.348. The molecule has 2 heterocycles. The number of guanidine groups is 1. The summed E-state index contributed by atoms with van der Waals surface area (Å²) < 4.78 is 10.7. The van der Waals surface area contributed by atoms with Gasteiger partial charge in [-0.1, -0.05) is 0 Å². The molecule has 2 aromatic heterocycles. The van der Waals surface area contributed by atoms with Gasteiger partial charge in [-0.15, -0.1) is 0 Å². The van der Waals surface area contributed by atoms with E-state index in [2.05, 4.69) is 40.9 Å². The Morgan fingerprint density at radius 3 is 2.31 bits per heavy atom. The zero-order chi connectivity index (χ0) is 25.2. The number of aryl methyl sites for hydroxylation is 3. The number of benzene rings is 1. The van der Waals surface area contributed by atoms with Crippen LogP contribution in [-0.4, -0.2) is 57.5 Å². The molecule has 3 aromatic rings. The zero-order valence-corrected chi connectivity index (χ0v) is 22.1. The smallest absolute Gasteiger partial charge is 0.229 e. The lowest BCUT2D eigenvalue weighted by molar-refractivity contribution is 0.395. The number of thiocarbonyl (C=S) groups is 1. The molecule has 0 saturated carbocycles. The van der Waals surface area contributed by atoms with E-state index in [0.29, 0.717) is 40.8 Å². The topological polar surface area (TPSA) is 121 Å². The van der Waals surface area contributed by atoms with Gasteiger partial charge in [0, 0.05) is 52.5 Å². The van der Waals surface area contributed by atoms with Crippen LogP contribution < -0.4 is 25.4 Å². The molecular formula is C23H30N8O2S2. The third-order valence-electron chi connectivity index (χ3n) is 4.73. The van der Waals surface area contributed by atoms with Gasteiger partial charge in [0.15, 0.2) is 5.11 Å². The monoisotopic (exact) mass is 514 g/mol. The fourth-order valence-electron chi connectivity index (χ4n) is 3.07. The lowest BCUT2D eigenvalue weighted by Gasteiger charge is -2.15. The molecule has 0 spiro atoms. The summed E-state index contributed by atoms with van der Waals surface area (Å²) in [7, 11) is 3.19. The number of aliphatic imine (C=N–C) groups is 1. The first-order chi connectivity index (χ1) is 16.9. The first-order valence-corrected chi connectivity index (χ1v) is 12.4. The number of thioether (sulfide) groups is 1. The zero-order valence-electron chi connectivity index (χ0n) is 20.4. The van der Waals surface area contributed by atoms with E-state index in [4.69, 9.17) is 21.7 Å². The van der Waals surface area contributed by atoms with E-state index in [1.165, 1.54) is 0 Å². The molecule has 0 saturated heterocycles. The summed E-state index contributed by atoms with van der Waals surface area (Å²) in [6.07, 6.45) is 1.71. The number of anilines is 2. The largest absolute Gasteiger partial charge is 0.497 e. The van der Waals surface area contributed by atoms with E-state index in [-0.39, 0.29) is 0 Å². The van der Waals surface area contributed by atoms with Gasteiger partial charge in [-0.3, -0.25) is 10.3 Å². The molecule has 4 N–H and O–H groups in total. The second-order valence-corrected chi connectivity index (χ2v) is 9.05. The van der Waals surface area contributed by atoms with E-state index < -0.39 is 0 Å². The average Bonchev–Trinajstić information content (AvgIpc) is 3.22. The Labute approximate surface area is 214 Å². The predicted molar refractivity (Wildman–Crippen MR) is 146 cm³/mol. The Hall–Kier alpha value is -3.38. The summed E-state index contributed by atoms with van der Waals surface area (Å²) in [4.78, 5) is 21.0. The molecule has 3 rings (SSSR count). The van der Waals surface area contributed by atoms with Crippen LogP contribution in [0.4, 0.5) is 11.6 Å². The number of rotatable bonds is 9. The van der Waals surface area contributed by atoms with Crippen molar-refractivity contribution in [3.05, 3.63) is 53.4 Å². The van der Waals surface area contributed by atoms with Gasteiger partial charge in [-0.05, 0) is 39.1 Å².